The van der Waals surface area contributed by atoms with E-state index >= 15 is 0 Å². The summed E-state index contributed by atoms with van der Waals surface area (Å²) in [5.41, 5.74) is 3.60. The molecule has 0 aromatic heterocycles. The van der Waals surface area contributed by atoms with Crippen molar-refractivity contribution in [1.82, 2.24) is 9.73 Å². The fourth-order valence-corrected chi connectivity index (χ4v) is 3.95. The van der Waals surface area contributed by atoms with Gasteiger partial charge in [0.25, 0.3) is 5.91 Å². The molecule has 144 valence electrons. The third-order valence-electron chi connectivity index (χ3n) is 4.14. The van der Waals surface area contributed by atoms with Gasteiger partial charge in [0.05, 0.1) is 18.1 Å². The number of nitrogens with one attached hydrogen (secondary N) is 1. The lowest BCUT2D eigenvalue weighted by molar-refractivity contribution is 0.0730. The highest BCUT2D eigenvalue weighted by Crippen LogP contribution is 2.18. The Kier molecular flexibility index (Phi) is 7.31. The quantitative estimate of drug-likeness (QED) is 0.580. The number of amides is 1. The van der Waals surface area contributed by atoms with Crippen LogP contribution in [0.25, 0.3) is 0 Å². The molecule has 26 heavy (non-hydrogen) atoms. The van der Waals surface area contributed by atoms with Crippen molar-refractivity contribution in [3.8, 4) is 0 Å². The second kappa shape index (κ2) is 9.25. The molecule has 1 aromatic carbocycles. The molecule has 1 heterocycles. The molecule has 8 heteroatoms. The predicted octanol–water partition coefficient (Wildman–Crippen LogP) is 2.25. The van der Waals surface area contributed by atoms with Gasteiger partial charge < -0.3 is 4.74 Å². The first-order valence-corrected chi connectivity index (χ1v) is 10.3. The summed E-state index contributed by atoms with van der Waals surface area (Å²) in [6, 6.07) is 6.03. The average molecular weight is 381 g/mol. The van der Waals surface area contributed by atoms with Crippen molar-refractivity contribution in [2.24, 2.45) is 11.0 Å². The summed E-state index contributed by atoms with van der Waals surface area (Å²) < 4.78 is 31.9. The van der Waals surface area contributed by atoms with Crippen molar-refractivity contribution in [1.29, 1.82) is 0 Å². The Labute approximate surface area is 155 Å². The largest absolute Gasteiger partial charge is 0.379 e. The van der Waals surface area contributed by atoms with Crippen LogP contribution in [0.1, 0.15) is 44.0 Å². The van der Waals surface area contributed by atoms with E-state index in [0.717, 1.165) is 18.6 Å². The minimum Gasteiger partial charge on any atom is -0.379 e. The van der Waals surface area contributed by atoms with E-state index in [0.29, 0.717) is 32.2 Å². The van der Waals surface area contributed by atoms with Crippen LogP contribution in [0, 0.1) is 5.92 Å². The van der Waals surface area contributed by atoms with Crippen molar-refractivity contribution < 1.29 is 17.9 Å². The molecule has 0 aliphatic carbocycles. The zero-order valence-corrected chi connectivity index (χ0v) is 16.4. The predicted molar refractivity (Wildman–Crippen MR) is 101 cm³/mol. The Bertz CT molecular complexity index is 753. The van der Waals surface area contributed by atoms with Gasteiger partial charge >= 0.3 is 0 Å². The van der Waals surface area contributed by atoms with Gasteiger partial charge in [-0.2, -0.15) is 9.41 Å². The molecule has 7 nitrogen and oxygen atoms in total. The lowest BCUT2D eigenvalue weighted by Gasteiger charge is -2.26. The molecular weight excluding hydrogens is 354 g/mol. The summed E-state index contributed by atoms with van der Waals surface area (Å²) in [5.74, 6) is 0.144. The van der Waals surface area contributed by atoms with E-state index in [4.69, 9.17) is 4.74 Å². The Morgan fingerprint density at radius 2 is 2.00 bits per heavy atom. The lowest BCUT2D eigenvalue weighted by atomic mass is 10.1. The van der Waals surface area contributed by atoms with Crippen molar-refractivity contribution in [2.75, 3.05) is 26.3 Å². The summed E-state index contributed by atoms with van der Waals surface area (Å²) in [7, 11) is -3.63. The topological polar surface area (TPSA) is 88.1 Å². The number of carbonyl (C=O) groups is 1. The molecule has 1 aliphatic rings. The van der Waals surface area contributed by atoms with Crippen molar-refractivity contribution in [3.63, 3.8) is 0 Å². The molecular formula is C18H27N3O4S. The molecule has 0 atom stereocenters. The van der Waals surface area contributed by atoms with Gasteiger partial charge in [-0.15, -0.1) is 0 Å². The van der Waals surface area contributed by atoms with E-state index in [2.05, 4.69) is 24.4 Å². The summed E-state index contributed by atoms with van der Waals surface area (Å²) in [6.45, 7) is 7.52. The van der Waals surface area contributed by atoms with Crippen LogP contribution < -0.4 is 5.43 Å². The van der Waals surface area contributed by atoms with E-state index < -0.39 is 15.9 Å². The highest BCUT2D eigenvalue weighted by Gasteiger charge is 2.26. The van der Waals surface area contributed by atoms with Gasteiger partial charge in [0.1, 0.15) is 0 Å². The summed E-state index contributed by atoms with van der Waals surface area (Å²) in [6.07, 6.45) is 1.81. The zero-order valence-electron chi connectivity index (χ0n) is 15.6. The van der Waals surface area contributed by atoms with Crippen molar-refractivity contribution >= 4 is 21.6 Å². The number of hydrazone groups is 1. The second-order valence-electron chi connectivity index (χ2n) is 6.76. The molecule has 0 spiro atoms. The maximum absolute atomic E-state index is 12.7. The molecule has 1 fully saturated rings. The minimum absolute atomic E-state index is 0.104. The molecule has 0 unspecified atom stereocenters. The van der Waals surface area contributed by atoms with Gasteiger partial charge in [-0.25, -0.2) is 13.8 Å². The smallest absolute Gasteiger partial charge is 0.271 e. The number of rotatable bonds is 7. The van der Waals surface area contributed by atoms with Gasteiger partial charge in [0.2, 0.25) is 10.0 Å². The molecule has 1 amide bonds. The molecule has 0 radical (unpaired) electrons. The van der Waals surface area contributed by atoms with Crippen LogP contribution in [0.15, 0.2) is 34.3 Å². The maximum Gasteiger partial charge on any atom is 0.271 e. The summed E-state index contributed by atoms with van der Waals surface area (Å²) in [5, 5.41) is 4.09. The van der Waals surface area contributed by atoms with E-state index in [-0.39, 0.29) is 10.5 Å². The van der Waals surface area contributed by atoms with E-state index in [1.807, 2.05) is 6.92 Å². The Balaban J connectivity index is 2.08. The molecule has 1 saturated heterocycles. The Hall–Kier alpha value is -1.77. The zero-order chi connectivity index (χ0) is 19.2. The minimum atomic E-state index is -3.63. The van der Waals surface area contributed by atoms with Crippen LogP contribution in [-0.2, 0) is 14.8 Å². The number of hydrogen-bond donors (Lipinski definition) is 1. The molecule has 1 N–H and O–H groups in total. The highest BCUT2D eigenvalue weighted by molar-refractivity contribution is 7.89. The first-order valence-electron chi connectivity index (χ1n) is 8.82. The van der Waals surface area contributed by atoms with Crippen LogP contribution in [0.4, 0.5) is 0 Å². The van der Waals surface area contributed by atoms with Crippen molar-refractivity contribution in [2.45, 2.75) is 38.5 Å². The van der Waals surface area contributed by atoms with E-state index in [1.165, 1.54) is 16.4 Å². The molecule has 0 bridgehead atoms. The fraction of sp³-hybridized carbons (Fsp3) is 0.556. The third kappa shape index (κ3) is 5.62. The highest BCUT2D eigenvalue weighted by atomic mass is 32.2. The molecule has 0 saturated carbocycles. The normalized spacial score (nSPS) is 16.7. The average Bonchev–Trinajstić information content (AvgIpc) is 2.65. The SMILES string of the molecule is C/C(CCC(C)C)=N/NC(=O)c1cccc(S(=O)(=O)N2CCOCC2)c1. The molecule has 1 aliphatic heterocycles. The summed E-state index contributed by atoms with van der Waals surface area (Å²) in [4.78, 5) is 12.4. The van der Waals surface area contributed by atoms with E-state index in [9.17, 15) is 13.2 Å². The number of hydrogen-bond acceptors (Lipinski definition) is 5. The second-order valence-corrected chi connectivity index (χ2v) is 8.70. The number of sulfonamides is 1. The number of morpholine rings is 1. The number of nitrogens with zero attached hydrogens (tertiary/aromatic N) is 2. The van der Waals surface area contributed by atoms with Crippen LogP contribution in [0.2, 0.25) is 0 Å². The van der Waals surface area contributed by atoms with Gasteiger partial charge in [-0.05, 0) is 43.9 Å². The summed E-state index contributed by atoms with van der Waals surface area (Å²) >= 11 is 0. The Morgan fingerprint density at radius 3 is 2.65 bits per heavy atom. The number of carbonyl (C=O) groups excluding carboxylic acids is 1. The molecule has 2 rings (SSSR count). The number of ether oxygens (including phenoxy) is 1. The first-order chi connectivity index (χ1) is 12.3. The van der Waals surface area contributed by atoms with Crippen LogP contribution >= 0.6 is 0 Å². The van der Waals surface area contributed by atoms with Crippen LogP contribution in [-0.4, -0.2) is 50.6 Å². The van der Waals surface area contributed by atoms with Gasteiger partial charge in [-0.3, -0.25) is 4.79 Å². The third-order valence-corrected chi connectivity index (χ3v) is 6.03. The van der Waals surface area contributed by atoms with Gasteiger partial charge in [-0.1, -0.05) is 19.9 Å². The van der Waals surface area contributed by atoms with Gasteiger partial charge in [0, 0.05) is 24.4 Å². The maximum atomic E-state index is 12.7. The standard InChI is InChI=1S/C18H27N3O4S/c1-14(2)7-8-15(3)19-20-18(22)16-5-4-6-17(13-16)26(23,24)21-9-11-25-12-10-21/h4-6,13-14H,7-12H2,1-3H3,(H,20,22)/b19-15-. The Morgan fingerprint density at radius 1 is 1.31 bits per heavy atom. The number of benzene rings is 1. The fourth-order valence-electron chi connectivity index (χ4n) is 2.50. The van der Waals surface area contributed by atoms with Gasteiger partial charge in [0.15, 0.2) is 0 Å². The monoisotopic (exact) mass is 381 g/mol. The first kappa shape index (κ1) is 20.5. The van der Waals surface area contributed by atoms with Crippen molar-refractivity contribution in [3.05, 3.63) is 29.8 Å². The van der Waals surface area contributed by atoms with Crippen LogP contribution in [0.5, 0.6) is 0 Å². The lowest BCUT2D eigenvalue weighted by Crippen LogP contribution is -2.40. The van der Waals surface area contributed by atoms with E-state index in [1.54, 1.807) is 12.1 Å². The molecule has 1 aromatic rings. The van der Waals surface area contributed by atoms with Crippen LogP contribution in [0.3, 0.4) is 0 Å².